The van der Waals surface area contributed by atoms with Gasteiger partial charge in [-0.05, 0) is 36.8 Å². The summed E-state index contributed by atoms with van der Waals surface area (Å²) in [5.41, 5.74) is 1.48. The Balaban J connectivity index is 2.06. The fraction of sp³-hybridized carbons (Fsp3) is 0.235. The third-order valence-corrected chi connectivity index (χ3v) is 5.60. The van der Waals surface area contributed by atoms with Crippen molar-refractivity contribution in [1.82, 2.24) is 10.2 Å². The molecule has 1 N–H and O–H groups in total. The molecule has 23 heavy (non-hydrogen) atoms. The lowest BCUT2D eigenvalue weighted by Crippen LogP contribution is -2.32. The Morgan fingerprint density at radius 3 is 2.65 bits per heavy atom. The number of unbranched alkanes of at least 4 members (excludes halogenated alkanes) is 1. The summed E-state index contributed by atoms with van der Waals surface area (Å²) in [5, 5.41) is 7.84. The third-order valence-electron chi connectivity index (χ3n) is 3.76. The van der Waals surface area contributed by atoms with Crippen LogP contribution in [-0.2, 0) is 10.0 Å². The molecule has 3 aromatic rings. The van der Waals surface area contributed by atoms with Gasteiger partial charge in [0.25, 0.3) is 10.0 Å². The zero-order chi connectivity index (χ0) is 16.3. The van der Waals surface area contributed by atoms with Crippen LogP contribution in [0.5, 0.6) is 0 Å². The van der Waals surface area contributed by atoms with Crippen LogP contribution in [0.2, 0.25) is 0 Å². The Morgan fingerprint density at radius 1 is 1.13 bits per heavy atom. The second-order valence-electron chi connectivity index (χ2n) is 5.39. The lowest BCUT2D eigenvalue weighted by molar-refractivity contribution is 0.588. The van der Waals surface area contributed by atoms with Crippen LogP contribution in [0, 0.1) is 0 Å². The quantitative estimate of drug-likeness (QED) is 0.752. The summed E-state index contributed by atoms with van der Waals surface area (Å²) >= 11 is 0. The number of anilines is 1. The summed E-state index contributed by atoms with van der Waals surface area (Å²) in [7, 11) is -3.58. The van der Waals surface area contributed by atoms with E-state index in [9.17, 15) is 8.42 Å². The normalized spacial score (nSPS) is 11.7. The summed E-state index contributed by atoms with van der Waals surface area (Å²) < 4.78 is 27.5. The zero-order valence-electron chi connectivity index (χ0n) is 12.9. The van der Waals surface area contributed by atoms with Crippen molar-refractivity contribution in [3.05, 3.63) is 54.7 Å². The van der Waals surface area contributed by atoms with Crippen molar-refractivity contribution in [2.45, 2.75) is 24.7 Å². The maximum atomic E-state index is 13.0. The fourth-order valence-electron chi connectivity index (χ4n) is 2.49. The van der Waals surface area contributed by atoms with Gasteiger partial charge in [-0.15, -0.1) is 0 Å². The molecule has 0 aliphatic carbocycles. The van der Waals surface area contributed by atoms with Gasteiger partial charge in [0.1, 0.15) is 0 Å². The first-order valence-corrected chi connectivity index (χ1v) is 9.08. The van der Waals surface area contributed by atoms with Gasteiger partial charge in [0.05, 0.1) is 22.3 Å². The van der Waals surface area contributed by atoms with E-state index in [1.165, 1.54) is 4.31 Å². The van der Waals surface area contributed by atoms with Crippen LogP contribution < -0.4 is 4.31 Å². The lowest BCUT2D eigenvalue weighted by atomic mass is 10.2. The van der Waals surface area contributed by atoms with Crippen molar-refractivity contribution in [1.29, 1.82) is 0 Å². The van der Waals surface area contributed by atoms with Crippen LogP contribution in [0.1, 0.15) is 19.8 Å². The van der Waals surface area contributed by atoms with Gasteiger partial charge in [-0.2, -0.15) is 5.10 Å². The molecule has 1 aromatic heterocycles. The van der Waals surface area contributed by atoms with E-state index >= 15 is 0 Å². The first kappa shape index (κ1) is 15.6. The highest BCUT2D eigenvalue weighted by atomic mass is 32.2. The van der Waals surface area contributed by atoms with Crippen molar-refractivity contribution in [2.24, 2.45) is 0 Å². The zero-order valence-corrected chi connectivity index (χ0v) is 13.8. The molecule has 1 heterocycles. The van der Waals surface area contributed by atoms with Crippen LogP contribution >= 0.6 is 0 Å². The SMILES string of the molecule is CCCCN(c1ccc2cn[nH]c2c1)S(=O)(=O)c1ccccc1. The molecule has 0 spiro atoms. The molecule has 0 aliphatic heterocycles. The summed E-state index contributed by atoms with van der Waals surface area (Å²) in [6, 6.07) is 14.1. The number of sulfonamides is 1. The number of H-pyrrole nitrogens is 1. The van der Waals surface area contributed by atoms with Gasteiger partial charge in [0.2, 0.25) is 0 Å². The van der Waals surface area contributed by atoms with Gasteiger partial charge in [-0.1, -0.05) is 31.5 Å². The maximum absolute atomic E-state index is 13.0. The number of benzene rings is 2. The molecule has 120 valence electrons. The Labute approximate surface area is 136 Å². The predicted octanol–water partition coefficient (Wildman–Crippen LogP) is 3.56. The van der Waals surface area contributed by atoms with Crippen LogP contribution in [0.15, 0.2) is 59.6 Å². The molecule has 0 saturated carbocycles. The second-order valence-corrected chi connectivity index (χ2v) is 7.25. The van der Waals surface area contributed by atoms with Gasteiger partial charge in [-0.25, -0.2) is 8.42 Å². The molecule has 2 aromatic carbocycles. The van der Waals surface area contributed by atoms with Gasteiger partial charge in [0, 0.05) is 11.9 Å². The monoisotopic (exact) mass is 329 g/mol. The fourth-order valence-corrected chi connectivity index (χ4v) is 4.01. The molecule has 5 nitrogen and oxygen atoms in total. The van der Waals surface area contributed by atoms with Crippen molar-refractivity contribution in [3.8, 4) is 0 Å². The first-order chi connectivity index (χ1) is 11.1. The van der Waals surface area contributed by atoms with E-state index in [1.54, 1.807) is 30.5 Å². The minimum atomic E-state index is -3.58. The smallest absolute Gasteiger partial charge is 0.264 e. The Bertz CT molecular complexity index is 888. The summed E-state index contributed by atoms with van der Waals surface area (Å²) in [5.74, 6) is 0. The average molecular weight is 329 g/mol. The highest BCUT2D eigenvalue weighted by Gasteiger charge is 2.24. The molecule has 0 saturated heterocycles. The first-order valence-electron chi connectivity index (χ1n) is 7.64. The average Bonchev–Trinajstić information content (AvgIpc) is 3.03. The maximum Gasteiger partial charge on any atom is 0.264 e. The van der Waals surface area contributed by atoms with E-state index in [1.807, 2.05) is 31.2 Å². The summed E-state index contributed by atoms with van der Waals surface area (Å²) in [6.45, 7) is 2.50. The molecule has 0 fully saturated rings. The third kappa shape index (κ3) is 3.07. The molecule has 6 heteroatoms. The molecular weight excluding hydrogens is 310 g/mol. The van der Waals surface area contributed by atoms with E-state index < -0.39 is 10.0 Å². The summed E-state index contributed by atoms with van der Waals surface area (Å²) in [6.07, 6.45) is 3.45. The number of aromatic nitrogens is 2. The topological polar surface area (TPSA) is 66.1 Å². The van der Waals surface area contributed by atoms with Gasteiger partial charge in [0.15, 0.2) is 0 Å². The highest BCUT2D eigenvalue weighted by Crippen LogP contribution is 2.26. The standard InChI is InChI=1S/C17H19N3O2S/c1-2-3-11-20(23(21,22)16-7-5-4-6-8-16)15-10-9-14-13-18-19-17(14)12-15/h4-10,12-13H,2-3,11H2,1H3,(H,18,19). The van der Waals surface area contributed by atoms with E-state index in [0.717, 1.165) is 23.7 Å². The van der Waals surface area contributed by atoms with E-state index in [0.29, 0.717) is 17.1 Å². The van der Waals surface area contributed by atoms with Crippen molar-refractivity contribution < 1.29 is 8.42 Å². The minimum Gasteiger partial charge on any atom is -0.278 e. The number of hydrogen-bond acceptors (Lipinski definition) is 3. The molecule has 0 atom stereocenters. The number of rotatable bonds is 6. The number of nitrogens with zero attached hydrogens (tertiary/aromatic N) is 2. The number of hydrogen-bond donors (Lipinski definition) is 1. The number of fused-ring (bicyclic) bond motifs is 1. The molecule has 3 rings (SSSR count). The Kier molecular flexibility index (Phi) is 4.34. The predicted molar refractivity (Wildman–Crippen MR) is 92.0 cm³/mol. The molecule has 0 unspecified atom stereocenters. The number of nitrogens with one attached hydrogen (secondary N) is 1. The molecule has 0 bridgehead atoms. The van der Waals surface area contributed by atoms with Crippen molar-refractivity contribution in [2.75, 3.05) is 10.8 Å². The molecular formula is C17H19N3O2S. The second kappa shape index (κ2) is 6.42. The molecule has 0 radical (unpaired) electrons. The number of aromatic amines is 1. The highest BCUT2D eigenvalue weighted by molar-refractivity contribution is 7.92. The van der Waals surface area contributed by atoms with Gasteiger partial charge >= 0.3 is 0 Å². The summed E-state index contributed by atoms with van der Waals surface area (Å²) in [4.78, 5) is 0.306. The van der Waals surface area contributed by atoms with E-state index in [2.05, 4.69) is 10.2 Å². The molecule has 0 amide bonds. The molecule has 0 aliphatic rings. The van der Waals surface area contributed by atoms with Crippen molar-refractivity contribution >= 4 is 26.6 Å². The lowest BCUT2D eigenvalue weighted by Gasteiger charge is -2.24. The van der Waals surface area contributed by atoms with Gasteiger partial charge < -0.3 is 0 Å². The minimum absolute atomic E-state index is 0.306. The van der Waals surface area contributed by atoms with Crippen LogP contribution in [0.25, 0.3) is 10.9 Å². The largest absolute Gasteiger partial charge is 0.278 e. The van der Waals surface area contributed by atoms with Crippen LogP contribution in [0.4, 0.5) is 5.69 Å². The van der Waals surface area contributed by atoms with E-state index in [4.69, 9.17) is 0 Å². The van der Waals surface area contributed by atoms with Gasteiger partial charge in [-0.3, -0.25) is 9.40 Å². The van der Waals surface area contributed by atoms with Crippen LogP contribution in [0.3, 0.4) is 0 Å². The van der Waals surface area contributed by atoms with Crippen LogP contribution in [-0.4, -0.2) is 25.2 Å². The Morgan fingerprint density at radius 2 is 1.91 bits per heavy atom. The van der Waals surface area contributed by atoms with E-state index in [-0.39, 0.29) is 0 Å². The Hall–Kier alpha value is -2.34. The van der Waals surface area contributed by atoms with Crippen molar-refractivity contribution in [3.63, 3.8) is 0 Å².